The molecule has 46 valence electrons. The molecule has 0 aromatic heterocycles. The highest BCUT2D eigenvalue weighted by molar-refractivity contribution is 6.10. The van der Waals surface area contributed by atoms with E-state index in [0.29, 0.717) is 0 Å². The van der Waals surface area contributed by atoms with Gasteiger partial charge in [-0.25, -0.2) is 0 Å². The second-order valence-corrected chi connectivity index (χ2v) is 1.83. The van der Waals surface area contributed by atoms with Gasteiger partial charge in [-0.15, -0.1) is 0 Å². The fourth-order valence-electron chi connectivity index (χ4n) is 0.409. The molecule has 0 rings (SSSR count). The minimum atomic E-state index is -0.280. The summed E-state index contributed by atoms with van der Waals surface area (Å²) in [6, 6.07) is -0.280. The smallest absolute Gasteiger partial charge is 0.108 e. The van der Waals surface area contributed by atoms with Crippen LogP contribution in [0.3, 0.4) is 0 Å². The van der Waals surface area contributed by atoms with Crippen LogP contribution in [-0.4, -0.2) is 31.7 Å². The molecule has 0 spiro atoms. The average Bonchev–Trinajstić information content (AvgIpc) is 1.65. The molecule has 1 N–H and O–H groups in total. The van der Waals surface area contributed by atoms with Gasteiger partial charge in [-0.1, -0.05) is 0 Å². The molecule has 0 amide bonds. The molecule has 0 saturated heterocycles. The average molecular weight is 114 g/mol. The van der Waals surface area contributed by atoms with Gasteiger partial charge in [0, 0.05) is 6.00 Å². The standard InChI is InChI=1S/C5H11BO2/c1-4(3-7)8-5(2)6/h4-5,7H,3H2,1-2H3/t4?,5-/m1/s1. The Hall–Kier alpha value is -0.0151. The van der Waals surface area contributed by atoms with Crippen LogP contribution in [0.25, 0.3) is 0 Å². The van der Waals surface area contributed by atoms with E-state index in [4.69, 9.17) is 17.7 Å². The van der Waals surface area contributed by atoms with Gasteiger partial charge in [-0.2, -0.15) is 0 Å². The van der Waals surface area contributed by atoms with Crippen LogP contribution in [0.15, 0.2) is 0 Å². The van der Waals surface area contributed by atoms with E-state index in [0.717, 1.165) is 0 Å². The number of aliphatic hydroxyl groups excluding tert-OH is 1. The molecule has 0 aliphatic heterocycles. The molecule has 1 unspecified atom stereocenters. The first kappa shape index (κ1) is 7.98. The lowest BCUT2D eigenvalue weighted by Gasteiger charge is -2.12. The lowest BCUT2D eigenvalue weighted by atomic mass is 10.0. The van der Waals surface area contributed by atoms with E-state index in [1.165, 1.54) is 0 Å². The summed E-state index contributed by atoms with van der Waals surface area (Å²) >= 11 is 0. The van der Waals surface area contributed by atoms with Crippen LogP contribution in [0, 0.1) is 0 Å². The highest BCUT2D eigenvalue weighted by Gasteiger charge is 1.99. The molecule has 8 heavy (non-hydrogen) atoms. The Kier molecular flexibility index (Phi) is 3.92. The van der Waals surface area contributed by atoms with E-state index in [-0.39, 0.29) is 18.7 Å². The van der Waals surface area contributed by atoms with E-state index < -0.39 is 0 Å². The first-order valence-corrected chi connectivity index (χ1v) is 2.68. The van der Waals surface area contributed by atoms with Gasteiger partial charge >= 0.3 is 0 Å². The van der Waals surface area contributed by atoms with E-state index in [9.17, 15) is 0 Å². The Morgan fingerprint density at radius 3 is 2.25 bits per heavy atom. The molecule has 0 aromatic carbocycles. The molecule has 3 heteroatoms. The van der Waals surface area contributed by atoms with Crippen molar-refractivity contribution < 1.29 is 9.84 Å². The predicted octanol–water partition coefficient (Wildman–Crippen LogP) is -0.102. The van der Waals surface area contributed by atoms with Crippen LogP contribution in [0.2, 0.25) is 0 Å². The predicted molar refractivity (Wildman–Crippen MR) is 32.8 cm³/mol. The summed E-state index contributed by atoms with van der Waals surface area (Å²) in [5, 5.41) is 8.40. The van der Waals surface area contributed by atoms with Gasteiger partial charge in [0.15, 0.2) is 0 Å². The van der Waals surface area contributed by atoms with E-state index in [2.05, 4.69) is 0 Å². The third-order valence-electron chi connectivity index (χ3n) is 0.704. The van der Waals surface area contributed by atoms with Gasteiger partial charge in [0.2, 0.25) is 0 Å². The quantitative estimate of drug-likeness (QED) is 0.519. The van der Waals surface area contributed by atoms with Crippen molar-refractivity contribution in [2.24, 2.45) is 0 Å². The van der Waals surface area contributed by atoms with Gasteiger partial charge in [0.25, 0.3) is 0 Å². The Labute approximate surface area is 51.3 Å². The van der Waals surface area contributed by atoms with Crippen LogP contribution in [0.1, 0.15) is 13.8 Å². The molecular formula is C5H11BO2. The molecule has 0 saturated carbocycles. The maximum atomic E-state index is 8.40. The molecule has 0 aromatic rings. The van der Waals surface area contributed by atoms with Crippen molar-refractivity contribution in [3.8, 4) is 0 Å². The monoisotopic (exact) mass is 114 g/mol. The maximum absolute atomic E-state index is 8.40. The van der Waals surface area contributed by atoms with Crippen LogP contribution >= 0.6 is 0 Å². The topological polar surface area (TPSA) is 29.5 Å². The van der Waals surface area contributed by atoms with Crippen molar-refractivity contribution in [3.63, 3.8) is 0 Å². The minimum Gasteiger partial charge on any atom is -0.394 e. The van der Waals surface area contributed by atoms with Crippen molar-refractivity contribution in [2.75, 3.05) is 6.61 Å². The van der Waals surface area contributed by atoms with Crippen molar-refractivity contribution in [1.82, 2.24) is 0 Å². The second-order valence-electron chi connectivity index (χ2n) is 1.83. The third-order valence-corrected chi connectivity index (χ3v) is 0.704. The molecule has 2 atom stereocenters. The van der Waals surface area contributed by atoms with Gasteiger partial charge in [0.1, 0.15) is 7.85 Å². The summed E-state index contributed by atoms with van der Waals surface area (Å²) in [6.07, 6.45) is -0.144. The fraction of sp³-hybridized carbons (Fsp3) is 1.00. The zero-order valence-electron chi connectivity index (χ0n) is 5.29. The van der Waals surface area contributed by atoms with Crippen LogP contribution < -0.4 is 0 Å². The van der Waals surface area contributed by atoms with Crippen molar-refractivity contribution in [1.29, 1.82) is 0 Å². The highest BCUT2D eigenvalue weighted by atomic mass is 16.5. The lowest BCUT2D eigenvalue weighted by molar-refractivity contribution is 0.0138. The van der Waals surface area contributed by atoms with Gasteiger partial charge in [0.05, 0.1) is 12.7 Å². The molecule has 2 nitrogen and oxygen atoms in total. The van der Waals surface area contributed by atoms with Gasteiger partial charge in [-0.3, -0.25) is 0 Å². The molecule has 0 aliphatic rings. The largest absolute Gasteiger partial charge is 0.394 e. The molecule has 0 bridgehead atoms. The third kappa shape index (κ3) is 4.15. The molecule has 0 fully saturated rings. The Balaban J connectivity index is 3.10. The van der Waals surface area contributed by atoms with E-state index in [1.807, 2.05) is 0 Å². The molecule has 0 aliphatic carbocycles. The maximum Gasteiger partial charge on any atom is 0.108 e. The number of rotatable bonds is 3. The highest BCUT2D eigenvalue weighted by Crippen LogP contribution is 1.91. The van der Waals surface area contributed by atoms with Gasteiger partial charge < -0.3 is 9.84 Å². The van der Waals surface area contributed by atoms with Gasteiger partial charge in [-0.05, 0) is 13.8 Å². The summed E-state index contributed by atoms with van der Waals surface area (Å²) in [5.41, 5.74) is 0. The summed E-state index contributed by atoms with van der Waals surface area (Å²) in [5.74, 6) is 0. The number of ether oxygens (including phenoxy) is 1. The molecule has 0 heterocycles. The van der Waals surface area contributed by atoms with E-state index in [1.54, 1.807) is 13.8 Å². The van der Waals surface area contributed by atoms with Crippen LogP contribution in [0.5, 0.6) is 0 Å². The Morgan fingerprint density at radius 2 is 2.12 bits per heavy atom. The number of hydrogen-bond acceptors (Lipinski definition) is 2. The summed E-state index contributed by atoms with van der Waals surface area (Å²) < 4.78 is 4.93. The van der Waals surface area contributed by atoms with Crippen LogP contribution in [0.4, 0.5) is 0 Å². The molecular weight excluding hydrogens is 103 g/mol. The number of hydrogen-bond donors (Lipinski definition) is 1. The molecule has 2 radical (unpaired) electrons. The van der Waals surface area contributed by atoms with Crippen LogP contribution in [-0.2, 0) is 4.74 Å². The summed E-state index contributed by atoms with van der Waals surface area (Å²) in [7, 11) is 5.24. The Morgan fingerprint density at radius 1 is 1.62 bits per heavy atom. The van der Waals surface area contributed by atoms with Crippen molar-refractivity contribution in [2.45, 2.75) is 26.0 Å². The van der Waals surface area contributed by atoms with Crippen molar-refractivity contribution >= 4 is 7.85 Å². The van der Waals surface area contributed by atoms with E-state index >= 15 is 0 Å². The normalized spacial score (nSPS) is 17.9. The number of aliphatic hydroxyl groups is 1. The second kappa shape index (κ2) is 3.92. The van der Waals surface area contributed by atoms with Crippen molar-refractivity contribution in [3.05, 3.63) is 0 Å². The zero-order chi connectivity index (χ0) is 6.57. The Bertz CT molecular complexity index is 56.4. The minimum absolute atomic E-state index is 0.0293. The first-order chi connectivity index (χ1) is 3.66. The summed E-state index contributed by atoms with van der Waals surface area (Å²) in [6.45, 7) is 3.52. The SMILES string of the molecule is [B][C@@H](C)OC(C)CO. The first-order valence-electron chi connectivity index (χ1n) is 2.68. The lowest BCUT2D eigenvalue weighted by Crippen LogP contribution is -2.19. The zero-order valence-corrected chi connectivity index (χ0v) is 5.29. The fourth-order valence-corrected chi connectivity index (χ4v) is 0.409. The summed E-state index contributed by atoms with van der Waals surface area (Å²) in [4.78, 5) is 0.